The molecule has 0 amide bonds. The highest BCUT2D eigenvalue weighted by Crippen LogP contribution is 2.40. The van der Waals surface area contributed by atoms with Gasteiger partial charge in [-0.25, -0.2) is 23.1 Å². The Morgan fingerprint density at radius 2 is 1.53 bits per heavy atom. The number of aromatic nitrogens is 3. The van der Waals surface area contributed by atoms with Crippen LogP contribution >= 0.6 is 15.9 Å². The molecule has 230 valence electrons. The quantitative estimate of drug-likeness (QED) is 0.291. The van der Waals surface area contributed by atoms with Crippen LogP contribution in [0.4, 0.5) is 19.0 Å². The lowest BCUT2D eigenvalue weighted by Crippen LogP contribution is -2.49. The molecule has 6 rings (SSSR count). The zero-order chi connectivity index (χ0) is 30.8. The first kappa shape index (κ1) is 31.5. The maximum atomic E-state index is 15.4. The van der Waals surface area contributed by atoms with Crippen LogP contribution in [0.25, 0.3) is 33.3 Å². The summed E-state index contributed by atoms with van der Waals surface area (Å²) in [6.45, 7) is 4.44. The predicted octanol–water partition coefficient (Wildman–Crippen LogP) is 5.00. The summed E-state index contributed by atoms with van der Waals surface area (Å²) in [5.74, 6) is -2.09. The second kappa shape index (κ2) is 13.4. The maximum Gasteiger partial charge on any atom is 0.146 e. The van der Waals surface area contributed by atoms with E-state index in [9.17, 15) is 8.78 Å². The number of nitrogens with zero attached hydrogens (tertiary/aromatic N) is 5. The van der Waals surface area contributed by atoms with E-state index in [0.717, 1.165) is 69.6 Å². The number of hydrogen-bond donors (Lipinski definition) is 2. The van der Waals surface area contributed by atoms with E-state index < -0.39 is 34.3 Å². The normalized spacial score (nSPS) is 20.5. The molecule has 1 unspecified atom stereocenters. The van der Waals surface area contributed by atoms with E-state index in [2.05, 4.69) is 52.5 Å². The highest BCUT2D eigenvalue weighted by atomic mass is 79.9. The van der Waals surface area contributed by atoms with E-state index >= 15 is 4.39 Å². The van der Waals surface area contributed by atoms with Gasteiger partial charge in [0.1, 0.15) is 35.2 Å². The van der Waals surface area contributed by atoms with Crippen molar-refractivity contribution in [2.45, 2.75) is 37.8 Å². The van der Waals surface area contributed by atoms with Gasteiger partial charge >= 0.3 is 0 Å². The van der Waals surface area contributed by atoms with Crippen molar-refractivity contribution in [2.75, 3.05) is 39.0 Å². The Kier molecular flexibility index (Phi) is 9.83. The molecule has 1 aliphatic heterocycles. The molecule has 1 atom stereocenters. The molecule has 2 aromatic carbocycles. The van der Waals surface area contributed by atoms with Gasteiger partial charge in [0, 0.05) is 71.3 Å². The van der Waals surface area contributed by atoms with Gasteiger partial charge in [-0.1, -0.05) is 28.1 Å². The molecule has 1 saturated carbocycles. The monoisotopic (exact) mass is 678 g/mol. The van der Waals surface area contributed by atoms with Gasteiger partial charge in [-0.3, -0.25) is 14.2 Å². The van der Waals surface area contributed by atoms with Crippen LogP contribution in [0.3, 0.4) is 0 Å². The van der Waals surface area contributed by atoms with Crippen LogP contribution < -0.4 is 10.9 Å². The first-order valence-electron chi connectivity index (χ1n) is 13.9. The summed E-state index contributed by atoms with van der Waals surface area (Å²) in [7, 11) is 2.17. The fourth-order valence-corrected chi connectivity index (χ4v) is 6.58. The summed E-state index contributed by atoms with van der Waals surface area (Å²) in [4.78, 5) is 13.8. The van der Waals surface area contributed by atoms with Crippen LogP contribution in [-0.2, 0) is 11.3 Å². The van der Waals surface area contributed by atoms with Crippen molar-refractivity contribution in [2.24, 2.45) is 5.14 Å². The summed E-state index contributed by atoms with van der Waals surface area (Å²) < 4.78 is 64.4. The Labute approximate surface area is 258 Å². The summed E-state index contributed by atoms with van der Waals surface area (Å²) in [6.07, 6.45) is 7.68. The summed E-state index contributed by atoms with van der Waals surface area (Å²) in [5.41, 5.74) is 7.73. The number of nitrogen functional groups attached to an aromatic ring is 1. The van der Waals surface area contributed by atoms with Crippen molar-refractivity contribution in [3.8, 4) is 22.3 Å². The number of benzene rings is 2. The molecule has 3 heterocycles. The van der Waals surface area contributed by atoms with Gasteiger partial charge in [0.25, 0.3) is 0 Å². The Bertz CT molecular complexity index is 1610. The molecular weight excluding hydrogens is 647 g/mol. The third-order valence-electron chi connectivity index (χ3n) is 8.31. The number of hydrogen-bond acceptors (Lipinski definition) is 7. The molecule has 9 nitrogen and oxygen atoms in total. The van der Waals surface area contributed by atoms with Crippen molar-refractivity contribution in [3.63, 3.8) is 0 Å². The molecule has 0 spiro atoms. The number of fused-ring (bicyclic) bond motifs is 1. The van der Waals surface area contributed by atoms with E-state index in [-0.39, 0.29) is 16.1 Å². The summed E-state index contributed by atoms with van der Waals surface area (Å²) in [5, 5.41) is 4.69. The summed E-state index contributed by atoms with van der Waals surface area (Å²) in [6, 6.07) is 7.45. The number of rotatable bonds is 4. The number of likely N-dealkylation sites (N-methyl/N-ethyl adjacent to an activating group) is 1. The lowest BCUT2D eigenvalue weighted by atomic mass is 9.89. The van der Waals surface area contributed by atoms with Crippen LogP contribution in [0.2, 0.25) is 0 Å². The lowest BCUT2D eigenvalue weighted by Gasteiger charge is -2.41. The topological polar surface area (TPSA) is 129 Å². The summed E-state index contributed by atoms with van der Waals surface area (Å²) >= 11 is 0.706. The highest BCUT2D eigenvalue weighted by Gasteiger charge is 2.30. The molecule has 4 N–H and O–H groups in total. The van der Waals surface area contributed by atoms with Crippen molar-refractivity contribution in [1.29, 1.82) is 0 Å². The minimum atomic E-state index is -2.36. The Hall–Kier alpha value is -2.88. The average Bonchev–Trinajstić information content (AvgIpc) is 3.35. The van der Waals surface area contributed by atoms with E-state index in [1.807, 2.05) is 6.20 Å². The zero-order valence-electron chi connectivity index (χ0n) is 23.5. The maximum absolute atomic E-state index is 15.4. The first-order valence-corrected chi connectivity index (χ1v) is 15.8. The zero-order valence-corrected chi connectivity index (χ0v) is 25.9. The fourth-order valence-electron chi connectivity index (χ4n) is 6.18. The highest BCUT2D eigenvalue weighted by molar-refractivity contribution is 9.10. The Morgan fingerprint density at radius 1 is 0.930 bits per heavy atom. The minimum absolute atomic E-state index is 0.142. The number of halogens is 4. The molecule has 4 aromatic rings. The molecule has 2 fully saturated rings. The second-order valence-corrected chi connectivity index (χ2v) is 12.3. The van der Waals surface area contributed by atoms with Crippen molar-refractivity contribution in [3.05, 3.63) is 64.8 Å². The SMILES string of the molecule is CN1CCN(C2CCC(n3cc(-c4ccc(-c5c(F)cc(Br)cc5F)c(F)c4)c4c(N)ncnc43)CC2)CC1.NS(=O)[O-]. The smallest absolute Gasteiger partial charge is 0.146 e. The standard InChI is InChI=1S/C29H30BrF3N6.H3NO2S/c1-37-8-10-38(11-9-37)19-3-5-20(6-4-19)39-15-22(27-28(34)35-16-36-29(27)39)17-2-7-21(23(31)12-17)26-24(32)13-18(30)14-25(26)33;1-4(2)3/h2,7,12-16,19-20H,3-6,8-11H2,1H3,(H2,34,35,36);1H2,(H,2,3)/p-1. The molecular formula is C29H32BrF3N7O2S-. The van der Waals surface area contributed by atoms with Crippen LogP contribution in [0.1, 0.15) is 31.7 Å². The van der Waals surface area contributed by atoms with Gasteiger partial charge in [0.05, 0.1) is 10.9 Å². The van der Waals surface area contributed by atoms with Gasteiger partial charge in [-0.15, -0.1) is 0 Å². The lowest BCUT2D eigenvalue weighted by molar-refractivity contribution is 0.0828. The average molecular weight is 680 g/mol. The molecule has 2 aromatic heterocycles. The largest absolute Gasteiger partial charge is 0.760 e. The number of piperazine rings is 1. The van der Waals surface area contributed by atoms with Crippen molar-refractivity contribution >= 4 is 44.0 Å². The van der Waals surface area contributed by atoms with E-state index in [4.69, 9.17) is 14.5 Å². The number of nitrogens with two attached hydrogens (primary N) is 2. The van der Waals surface area contributed by atoms with Crippen molar-refractivity contribution < 1.29 is 21.9 Å². The first-order chi connectivity index (χ1) is 20.5. The molecule has 0 radical (unpaired) electrons. The minimum Gasteiger partial charge on any atom is -0.760 e. The second-order valence-electron chi connectivity index (χ2n) is 10.9. The molecule has 2 aliphatic rings. The van der Waals surface area contributed by atoms with Gasteiger partial charge in [0.15, 0.2) is 0 Å². The van der Waals surface area contributed by atoms with Gasteiger partial charge in [-0.05, 0) is 56.5 Å². The van der Waals surface area contributed by atoms with E-state index in [1.54, 1.807) is 6.07 Å². The fraction of sp³-hybridized carbons (Fsp3) is 0.379. The number of anilines is 1. The molecule has 1 saturated heterocycles. The van der Waals surface area contributed by atoms with Gasteiger partial charge < -0.3 is 19.8 Å². The van der Waals surface area contributed by atoms with E-state index in [1.165, 1.54) is 18.5 Å². The van der Waals surface area contributed by atoms with Crippen LogP contribution in [0.15, 0.2) is 47.3 Å². The molecule has 0 bridgehead atoms. The Morgan fingerprint density at radius 3 is 2.14 bits per heavy atom. The van der Waals surface area contributed by atoms with Crippen molar-refractivity contribution in [1.82, 2.24) is 24.3 Å². The predicted molar refractivity (Wildman–Crippen MR) is 164 cm³/mol. The molecule has 43 heavy (non-hydrogen) atoms. The van der Waals surface area contributed by atoms with Crippen LogP contribution in [0.5, 0.6) is 0 Å². The molecule has 1 aliphatic carbocycles. The molecule has 14 heteroatoms. The third kappa shape index (κ3) is 6.94. The van der Waals surface area contributed by atoms with Crippen LogP contribution in [0, 0.1) is 17.5 Å². The van der Waals surface area contributed by atoms with Crippen LogP contribution in [-0.4, -0.2) is 72.4 Å². The van der Waals surface area contributed by atoms with Gasteiger partial charge in [0.2, 0.25) is 0 Å². The third-order valence-corrected chi connectivity index (χ3v) is 8.77. The Balaban J connectivity index is 0.000000868. The van der Waals surface area contributed by atoms with Gasteiger partial charge in [-0.2, -0.15) is 0 Å². The van der Waals surface area contributed by atoms with E-state index in [0.29, 0.717) is 28.4 Å².